The molecule has 0 unspecified atom stereocenters. The Kier molecular flexibility index (Phi) is 9.46. The van der Waals surface area contributed by atoms with Crippen molar-refractivity contribution in [2.45, 2.75) is 6.92 Å². The van der Waals surface area contributed by atoms with E-state index in [1.54, 1.807) is 11.1 Å². The zero-order chi connectivity index (χ0) is 13.3. The second kappa shape index (κ2) is 9.66. The fourth-order valence-electron chi connectivity index (χ4n) is 0.835. The van der Waals surface area contributed by atoms with Crippen molar-refractivity contribution in [1.29, 1.82) is 0 Å². The Morgan fingerprint density at radius 3 is 2.47 bits per heavy atom. The van der Waals surface area contributed by atoms with Crippen molar-refractivity contribution >= 4 is 36.9 Å². The van der Waals surface area contributed by atoms with Crippen molar-refractivity contribution < 1.29 is 17.2 Å². The molecule has 1 aromatic heterocycles. The molecule has 7 heteroatoms. The summed E-state index contributed by atoms with van der Waals surface area (Å²) in [5, 5.41) is 8.37. The summed E-state index contributed by atoms with van der Waals surface area (Å²) in [7, 11) is 3.66. The molecule has 0 spiro atoms. The fraction of sp³-hybridized carbons (Fsp3) is 0.300. The molecule has 17 heavy (non-hydrogen) atoms. The third kappa shape index (κ3) is 6.84. The first-order valence-electron chi connectivity index (χ1n) is 4.61. The average Bonchev–Trinajstić information content (AvgIpc) is 2.38. The van der Waals surface area contributed by atoms with Crippen LogP contribution in [-0.4, -0.2) is 34.9 Å². The number of hydrogen-bond donors (Lipinski definition) is 0. The second-order valence-electron chi connectivity index (χ2n) is 3.18. The van der Waals surface area contributed by atoms with Crippen LogP contribution in [0.4, 0.5) is 0 Å². The van der Waals surface area contributed by atoms with E-state index < -0.39 is 0 Å². The van der Waals surface area contributed by atoms with Crippen molar-refractivity contribution in [3.63, 3.8) is 0 Å². The Bertz CT molecular complexity index is 381. The SMILES string of the molecule is C/C(=N\N=C(/[S-])N(C)C)c1ccccn1.[Br][Pd+]. The van der Waals surface area contributed by atoms with Crippen molar-refractivity contribution in [3.05, 3.63) is 30.1 Å². The number of nitrogens with zero attached hydrogens (tertiary/aromatic N) is 4. The molecule has 0 atom stereocenters. The molecule has 0 aliphatic rings. The van der Waals surface area contributed by atoms with E-state index in [1.807, 2.05) is 39.2 Å². The summed E-state index contributed by atoms with van der Waals surface area (Å²) in [5.74, 6) is 0. The molecule has 0 aliphatic heterocycles. The van der Waals surface area contributed by atoms with Crippen LogP contribution in [0.15, 0.2) is 34.6 Å². The summed E-state index contributed by atoms with van der Waals surface area (Å²) in [6.07, 6.45) is 1.72. The van der Waals surface area contributed by atoms with Crippen molar-refractivity contribution in [2.24, 2.45) is 10.2 Å². The first kappa shape index (κ1) is 16.7. The van der Waals surface area contributed by atoms with E-state index in [2.05, 4.69) is 45.8 Å². The molecule has 1 aromatic rings. The summed E-state index contributed by atoms with van der Waals surface area (Å²) >= 11 is 10.3. The number of aromatic nitrogens is 1. The van der Waals surface area contributed by atoms with Gasteiger partial charge in [-0.3, -0.25) is 4.98 Å². The Labute approximate surface area is 125 Å². The van der Waals surface area contributed by atoms with Crippen LogP contribution in [0.2, 0.25) is 0 Å². The van der Waals surface area contributed by atoms with Gasteiger partial charge in [0.2, 0.25) is 0 Å². The van der Waals surface area contributed by atoms with E-state index in [1.165, 1.54) is 0 Å². The zero-order valence-electron chi connectivity index (χ0n) is 9.70. The first-order chi connectivity index (χ1) is 8.11. The normalized spacial score (nSPS) is 11.6. The van der Waals surface area contributed by atoms with Gasteiger partial charge in [-0.2, -0.15) is 10.2 Å². The first-order valence-corrected chi connectivity index (χ1v) is 8.57. The van der Waals surface area contributed by atoms with Crippen molar-refractivity contribution in [2.75, 3.05) is 14.1 Å². The van der Waals surface area contributed by atoms with E-state index in [0.717, 1.165) is 11.4 Å². The van der Waals surface area contributed by atoms with Gasteiger partial charge in [0.25, 0.3) is 0 Å². The molecule has 0 saturated heterocycles. The van der Waals surface area contributed by atoms with E-state index in [0.29, 0.717) is 5.17 Å². The molecular weight excluding hydrogens is 395 g/mol. The predicted octanol–water partition coefficient (Wildman–Crippen LogP) is 2.11. The topological polar surface area (TPSA) is 40.9 Å². The van der Waals surface area contributed by atoms with E-state index in [-0.39, 0.29) is 0 Å². The van der Waals surface area contributed by atoms with Gasteiger partial charge in [-0.15, -0.1) is 0 Å². The molecule has 96 valence electrons. The summed E-state index contributed by atoms with van der Waals surface area (Å²) < 4.78 is 0. The molecule has 0 fully saturated rings. The Balaban J connectivity index is 0.00000121. The summed E-state index contributed by atoms with van der Waals surface area (Å²) in [5.41, 5.74) is 1.56. The molecule has 0 aromatic carbocycles. The van der Waals surface area contributed by atoms with Gasteiger partial charge in [0, 0.05) is 25.5 Å². The van der Waals surface area contributed by atoms with Crippen LogP contribution in [0, 0.1) is 0 Å². The van der Waals surface area contributed by atoms with Crippen LogP contribution >= 0.6 is 13.4 Å². The van der Waals surface area contributed by atoms with Crippen LogP contribution in [-0.2, 0) is 29.8 Å². The molecule has 4 nitrogen and oxygen atoms in total. The number of amidine groups is 1. The van der Waals surface area contributed by atoms with Gasteiger partial charge >= 0.3 is 30.6 Å². The van der Waals surface area contributed by atoms with Gasteiger partial charge in [0.15, 0.2) is 0 Å². The standard InChI is InChI=1S/C10H14N4S.BrH.Pd/c1-8(9-6-4-5-7-11-9)12-13-10(15)14(2)3;;/h4-7H,1-3H3,(H,13,15);1H;/q;;+2/p-2/b12-8+;;. The summed E-state index contributed by atoms with van der Waals surface area (Å²) in [6.45, 7) is 1.85. The van der Waals surface area contributed by atoms with Crippen LogP contribution in [0.25, 0.3) is 0 Å². The molecule has 0 aliphatic carbocycles. The monoisotopic (exact) mass is 406 g/mol. The third-order valence-electron chi connectivity index (χ3n) is 1.70. The molecule has 0 radical (unpaired) electrons. The molecule has 0 N–H and O–H groups in total. The summed E-state index contributed by atoms with van der Waals surface area (Å²) in [4.78, 5) is 5.88. The number of pyridine rings is 1. The Morgan fingerprint density at radius 1 is 1.35 bits per heavy atom. The quantitative estimate of drug-likeness (QED) is 0.248. The van der Waals surface area contributed by atoms with Gasteiger partial charge in [-0.25, -0.2) is 0 Å². The summed E-state index contributed by atoms with van der Waals surface area (Å²) in [6, 6.07) is 5.65. The van der Waals surface area contributed by atoms with E-state index >= 15 is 0 Å². The van der Waals surface area contributed by atoms with Gasteiger partial charge in [0.05, 0.1) is 11.4 Å². The maximum atomic E-state index is 4.98. The molecule has 0 bridgehead atoms. The minimum absolute atomic E-state index is 0.449. The van der Waals surface area contributed by atoms with Gasteiger partial charge in [0.1, 0.15) is 0 Å². The molecule has 0 saturated carbocycles. The maximum absolute atomic E-state index is 4.98. The van der Waals surface area contributed by atoms with Crippen LogP contribution in [0.5, 0.6) is 0 Å². The average molecular weight is 408 g/mol. The number of halogens is 1. The Hall–Kier alpha value is -0.348. The van der Waals surface area contributed by atoms with Crippen LogP contribution < -0.4 is 0 Å². The van der Waals surface area contributed by atoms with Crippen LogP contribution in [0.1, 0.15) is 12.6 Å². The fourth-order valence-corrected chi connectivity index (χ4v) is 0.876. The predicted molar refractivity (Wildman–Crippen MR) is 73.9 cm³/mol. The van der Waals surface area contributed by atoms with Crippen molar-refractivity contribution in [3.8, 4) is 0 Å². The molecule has 1 heterocycles. The molecule has 1 rings (SSSR count). The van der Waals surface area contributed by atoms with Gasteiger partial charge in [-0.1, -0.05) is 6.07 Å². The number of hydrogen-bond acceptors (Lipinski definition) is 4. The number of rotatable bonds is 2. The molecular formula is C10H13BrN4PdS. The third-order valence-corrected chi connectivity index (χ3v) is 2.15. The Morgan fingerprint density at radius 2 is 2.00 bits per heavy atom. The zero-order valence-corrected chi connectivity index (χ0v) is 13.7. The minimum atomic E-state index is 0.449. The molecule has 0 amide bonds. The van der Waals surface area contributed by atoms with Crippen molar-refractivity contribution in [1.82, 2.24) is 9.88 Å². The van der Waals surface area contributed by atoms with Gasteiger partial charge < -0.3 is 17.5 Å². The van der Waals surface area contributed by atoms with Gasteiger partial charge in [-0.05, 0) is 19.1 Å². The van der Waals surface area contributed by atoms with E-state index in [9.17, 15) is 0 Å². The van der Waals surface area contributed by atoms with E-state index in [4.69, 9.17) is 12.6 Å². The van der Waals surface area contributed by atoms with Crippen LogP contribution in [0.3, 0.4) is 0 Å². The second-order valence-corrected chi connectivity index (χ2v) is 3.54.